The molecule has 2 heterocycles. The second-order valence-corrected chi connectivity index (χ2v) is 4.87. The molecule has 4 nitrogen and oxygen atoms in total. The number of nitrogens with one attached hydrogen (secondary N) is 1. The minimum atomic E-state index is 0.340. The van der Waals surface area contributed by atoms with E-state index in [4.69, 9.17) is 4.74 Å². The first kappa shape index (κ1) is 13.6. The van der Waals surface area contributed by atoms with Gasteiger partial charge in [0.25, 0.3) is 0 Å². The number of hydrogen-bond acceptors (Lipinski definition) is 3. The third-order valence-corrected chi connectivity index (χ3v) is 3.55. The second kappa shape index (κ2) is 6.92. The fourth-order valence-corrected chi connectivity index (χ4v) is 2.36. The van der Waals surface area contributed by atoms with Crippen molar-refractivity contribution in [3.05, 3.63) is 24.0 Å². The molecule has 102 valence electrons. The lowest BCUT2D eigenvalue weighted by Gasteiger charge is -2.32. The predicted molar refractivity (Wildman–Crippen MR) is 73.7 cm³/mol. The van der Waals surface area contributed by atoms with Crippen LogP contribution in [0.3, 0.4) is 0 Å². The van der Waals surface area contributed by atoms with Crippen molar-refractivity contribution in [1.82, 2.24) is 14.8 Å². The van der Waals surface area contributed by atoms with Gasteiger partial charge in [-0.1, -0.05) is 6.92 Å². The van der Waals surface area contributed by atoms with Gasteiger partial charge in [0, 0.05) is 45.1 Å². The van der Waals surface area contributed by atoms with Crippen LogP contribution in [0.25, 0.3) is 0 Å². The van der Waals surface area contributed by atoms with Gasteiger partial charge in [-0.05, 0) is 25.1 Å². The lowest BCUT2D eigenvalue weighted by atomic mass is 10.2. The van der Waals surface area contributed by atoms with Gasteiger partial charge in [-0.25, -0.2) is 0 Å². The Morgan fingerprint density at radius 2 is 2.28 bits per heavy atom. The van der Waals surface area contributed by atoms with Crippen LogP contribution in [0.2, 0.25) is 0 Å². The Morgan fingerprint density at radius 1 is 1.39 bits per heavy atom. The van der Waals surface area contributed by atoms with Crippen LogP contribution in [-0.2, 0) is 17.8 Å². The molecule has 0 spiro atoms. The minimum Gasteiger partial charge on any atom is -0.374 e. The monoisotopic (exact) mass is 251 g/mol. The van der Waals surface area contributed by atoms with E-state index in [0.29, 0.717) is 6.10 Å². The molecule has 0 amide bonds. The molecular weight excluding hydrogens is 226 g/mol. The molecule has 0 aliphatic carbocycles. The average molecular weight is 251 g/mol. The average Bonchev–Trinajstić information content (AvgIpc) is 2.87. The lowest BCUT2D eigenvalue weighted by molar-refractivity contribution is -0.0253. The highest BCUT2D eigenvalue weighted by atomic mass is 16.5. The number of morpholine rings is 1. The van der Waals surface area contributed by atoms with Gasteiger partial charge in [0.15, 0.2) is 0 Å². The number of ether oxygens (including phenoxy) is 1. The normalized spacial score (nSPS) is 21.3. The van der Waals surface area contributed by atoms with Crippen molar-refractivity contribution < 1.29 is 4.74 Å². The number of hydrogen-bond donors (Lipinski definition) is 1. The number of aryl methyl sites for hydroxylation is 1. The van der Waals surface area contributed by atoms with Gasteiger partial charge in [-0.15, -0.1) is 0 Å². The Hall–Kier alpha value is -0.840. The number of likely N-dealkylation sites (N-methyl/N-ethyl adjacent to an activating group) is 1. The lowest BCUT2D eigenvalue weighted by Crippen LogP contribution is -2.46. The van der Waals surface area contributed by atoms with Crippen LogP contribution in [-0.4, -0.2) is 48.4 Å². The van der Waals surface area contributed by atoms with Crippen LogP contribution < -0.4 is 5.32 Å². The van der Waals surface area contributed by atoms with E-state index in [1.807, 2.05) is 0 Å². The molecule has 1 N–H and O–H groups in total. The highest BCUT2D eigenvalue weighted by Crippen LogP contribution is 2.05. The maximum atomic E-state index is 5.76. The highest BCUT2D eigenvalue weighted by molar-refractivity contribution is 5.09. The molecule has 4 heteroatoms. The SMILES string of the molecule is CCN1CCOC(CNCc2ccn(CC)c2)C1. The molecule has 1 aliphatic heterocycles. The molecule has 1 fully saturated rings. The Kier molecular flexibility index (Phi) is 5.23. The van der Waals surface area contributed by atoms with E-state index >= 15 is 0 Å². The Bertz CT molecular complexity index is 351. The summed E-state index contributed by atoms with van der Waals surface area (Å²) >= 11 is 0. The number of aromatic nitrogens is 1. The first-order valence-corrected chi connectivity index (χ1v) is 7.01. The van der Waals surface area contributed by atoms with E-state index in [1.165, 1.54) is 5.56 Å². The standard InChI is InChI=1S/C14H25N3O/c1-3-16-6-5-13(11-16)9-15-10-14-12-17(4-2)7-8-18-14/h5-6,11,14-15H,3-4,7-10,12H2,1-2H3. The van der Waals surface area contributed by atoms with Gasteiger partial charge >= 0.3 is 0 Å². The zero-order chi connectivity index (χ0) is 12.8. The van der Waals surface area contributed by atoms with E-state index in [1.54, 1.807) is 0 Å². The summed E-state index contributed by atoms with van der Waals surface area (Å²) in [6.45, 7) is 11.4. The van der Waals surface area contributed by atoms with Gasteiger partial charge in [-0.3, -0.25) is 4.90 Å². The summed E-state index contributed by atoms with van der Waals surface area (Å²) in [4.78, 5) is 2.45. The van der Waals surface area contributed by atoms with Crippen LogP contribution >= 0.6 is 0 Å². The topological polar surface area (TPSA) is 29.4 Å². The van der Waals surface area contributed by atoms with Crippen LogP contribution in [0.15, 0.2) is 18.5 Å². The summed E-state index contributed by atoms with van der Waals surface area (Å²) in [6.07, 6.45) is 4.67. The van der Waals surface area contributed by atoms with Crippen LogP contribution in [0.4, 0.5) is 0 Å². The Balaban J connectivity index is 1.68. The summed E-state index contributed by atoms with van der Waals surface area (Å²) < 4.78 is 7.97. The highest BCUT2D eigenvalue weighted by Gasteiger charge is 2.18. The van der Waals surface area contributed by atoms with Gasteiger partial charge in [-0.2, -0.15) is 0 Å². The van der Waals surface area contributed by atoms with Crippen molar-refractivity contribution in [3.63, 3.8) is 0 Å². The van der Waals surface area contributed by atoms with Crippen molar-refractivity contribution in [1.29, 1.82) is 0 Å². The molecule has 1 aliphatic rings. The summed E-state index contributed by atoms with van der Waals surface area (Å²) in [7, 11) is 0. The second-order valence-electron chi connectivity index (χ2n) is 4.87. The summed E-state index contributed by atoms with van der Waals surface area (Å²) in [5.74, 6) is 0. The largest absolute Gasteiger partial charge is 0.374 e. The molecule has 1 saturated heterocycles. The van der Waals surface area contributed by atoms with Crippen LogP contribution in [0.5, 0.6) is 0 Å². The van der Waals surface area contributed by atoms with E-state index in [-0.39, 0.29) is 0 Å². The first-order chi connectivity index (χ1) is 8.81. The molecule has 1 unspecified atom stereocenters. The number of nitrogens with zero attached hydrogens (tertiary/aromatic N) is 2. The van der Waals surface area contributed by atoms with Crippen molar-refractivity contribution >= 4 is 0 Å². The summed E-state index contributed by atoms with van der Waals surface area (Å²) in [6, 6.07) is 2.18. The third kappa shape index (κ3) is 3.83. The fourth-order valence-electron chi connectivity index (χ4n) is 2.36. The van der Waals surface area contributed by atoms with Gasteiger partial charge in [0.2, 0.25) is 0 Å². The smallest absolute Gasteiger partial charge is 0.0826 e. The maximum absolute atomic E-state index is 5.76. The first-order valence-electron chi connectivity index (χ1n) is 7.01. The molecule has 1 aromatic rings. The third-order valence-electron chi connectivity index (χ3n) is 3.55. The quantitative estimate of drug-likeness (QED) is 0.827. The molecule has 1 atom stereocenters. The van der Waals surface area contributed by atoms with Crippen LogP contribution in [0.1, 0.15) is 19.4 Å². The molecule has 0 bridgehead atoms. The zero-order valence-corrected chi connectivity index (χ0v) is 11.6. The maximum Gasteiger partial charge on any atom is 0.0826 e. The van der Waals surface area contributed by atoms with E-state index in [2.05, 4.69) is 47.1 Å². The Labute approximate surface area is 110 Å². The molecule has 18 heavy (non-hydrogen) atoms. The van der Waals surface area contributed by atoms with Crippen molar-refractivity contribution in [3.8, 4) is 0 Å². The summed E-state index contributed by atoms with van der Waals surface area (Å²) in [5.41, 5.74) is 1.35. The van der Waals surface area contributed by atoms with Gasteiger partial charge in [0.1, 0.15) is 0 Å². The Morgan fingerprint density at radius 3 is 3.00 bits per heavy atom. The molecular formula is C14H25N3O. The molecule has 0 aromatic carbocycles. The number of rotatable bonds is 6. The van der Waals surface area contributed by atoms with Crippen molar-refractivity contribution in [2.45, 2.75) is 33.0 Å². The van der Waals surface area contributed by atoms with Crippen molar-refractivity contribution in [2.24, 2.45) is 0 Å². The molecule has 0 saturated carbocycles. The summed E-state index contributed by atoms with van der Waals surface area (Å²) in [5, 5.41) is 3.49. The van der Waals surface area contributed by atoms with E-state index in [9.17, 15) is 0 Å². The molecule has 0 radical (unpaired) electrons. The molecule has 2 rings (SSSR count). The molecule has 1 aromatic heterocycles. The minimum absolute atomic E-state index is 0.340. The van der Waals surface area contributed by atoms with Gasteiger partial charge < -0.3 is 14.6 Å². The fraction of sp³-hybridized carbons (Fsp3) is 0.714. The van der Waals surface area contributed by atoms with Gasteiger partial charge in [0.05, 0.1) is 12.7 Å². The zero-order valence-electron chi connectivity index (χ0n) is 11.6. The predicted octanol–water partition coefficient (Wildman–Crippen LogP) is 1.32. The van der Waals surface area contributed by atoms with E-state index < -0.39 is 0 Å². The van der Waals surface area contributed by atoms with E-state index in [0.717, 1.165) is 45.9 Å². The van der Waals surface area contributed by atoms with Crippen molar-refractivity contribution in [2.75, 3.05) is 32.8 Å². The van der Waals surface area contributed by atoms with Crippen LogP contribution in [0, 0.1) is 0 Å².